The Balaban J connectivity index is 1.83. The molecule has 1 aliphatic carbocycles. The maximum absolute atomic E-state index is 13.2. The van der Waals surface area contributed by atoms with Gasteiger partial charge in [-0.25, -0.2) is 9.37 Å². The molecule has 21 heavy (non-hydrogen) atoms. The highest BCUT2D eigenvalue weighted by atomic mass is 19.1. The minimum Gasteiger partial charge on any atom is -0.388 e. The van der Waals surface area contributed by atoms with Crippen LogP contribution in [-0.2, 0) is 17.9 Å². The van der Waals surface area contributed by atoms with Gasteiger partial charge in [0.15, 0.2) is 0 Å². The van der Waals surface area contributed by atoms with Crippen molar-refractivity contribution in [1.82, 2.24) is 14.9 Å². The fourth-order valence-electron chi connectivity index (χ4n) is 2.94. The number of nitrogens with one attached hydrogen (secondary N) is 1. The lowest BCUT2D eigenvalue weighted by molar-refractivity contribution is -0.122. The highest BCUT2D eigenvalue weighted by molar-refractivity contribution is 5.81. The van der Waals surface area contributed by atoms with Crippen LogP contribution < -0.4 is 5.32 Å². The number of carbonyl (C=O) groups is 1. The highest BCUT2D eigenvalue weighted by Crippen LogP contribution is 2.19. The number of hydrogen-bond donors (Lipinski definition) is 2. The van der Waals surface area contributed by atoms with Gasteiger partial charge in [-0.2, -0.15) is 0 Å². The third kappa shape index (κ3) is 2.90. The minimum absolute atomic E-state index is 0.0918. The van der Waals surface area contributed by atoms with Crippen LogP contribution >= 0.6 is 0 Å². The van der Waals surface area contributed by atoms with Gasteiger partial charge in [0.05, 0.1) is 11.0 Å². The monoisotopic (exact) mass is 291 g/mol. The Kier molecular flexibility index (Phi) is 3.88. The summed E-state index contributed by atoms with van der Waals surface area (Å²) in [6.45, 7) is -0.193. The van der Waals surface area contributed by atoms with Crippen LogP contribution in [0.5, 0.6) is 0 Å². The third-order valence-corrected chi connectivity index (χ3v) is 3.95. The van der Waals surface area contributed by atoms with Crippen LogP contribution in [-0.4, -0.2) is 26.6 Å². The maximum atomic E-state index is 13.2. The van der Waals surface area contributed by atoms with E-state index in [0.29, 0.717) is 16.9 Å². The van der Waals surface area contributed by atoms with E-state index in [1.807, 2.05) is 0 Å². The van der Waals surface area contributed by atoms with Crippen LogP contribution in [0.2, 0.25) is 0 Å². The lowest BCUT2D eigenvalue weighted by atomic mass is 10.2. The zero-order chi connectivity index (χ0) is 14.8. The maximum Gasteiger partial charge on any atom is 0.240 e. The van der Waals surface area contributed by atoms with Crippen LogP contribution in [0.4, 0.5) is 4.39 Å². The van der Waals surface area contributed by atoms with Gasteiger partial charge < -0.3 is 15.0 Å². The van der Waals surface area contributed by atoms with E-state index in [9.17, 15) is 14.3 Å². The SMILES string of the molecule is O=C(Cn1c(CO)nc2cc(F)ccc21)NC1CCCC1. The molecule has 1 aromatic heterocycles. The van der Waals surface area contributed by atoms with Crippen LogP contribution in [0.25, 0.3) is 11.0 Å². The summed E-state index contributed by atoms with van der Waals surface area (Å²) in [5.74, 6) is -0.107. The summed E-state index contributed by atoms with van der Waals surface area (Å²) in [5, 5.41) is 12.4. The summed E-state index contributed by atoms with van der Waals surface area (Å²) < 4.78 is 14.9. The Morgan fingerprint density at radius 2 is 2.19 bits per heavy atom. The highest BCUT2D eigenvalue weighted by Gasteiger charge is 2.19. The Morgan fingerprint density at radius 1 is 1.43 bits per heavy atom. The van der Waals surface area contributed by atoms with E-state index in [0.717, 1.165) is 25.7 Å². The second-order valence-electron chi connectivity index (χ2n) is 5.45. The average Bonchev–Trinajstić information content (AvgIpc) is 3.06. The quantitative estimate of drug-likeness (QED) is 0.901. The zero-order valence-corrected chi connectivity index (χ0v) is 11.7. The molecule has 1 saturated carbocycles. The predicted octanol–water partition coefficient (Wildman–Crippen LogP) is 1.73. The van der Waals surface area contributed by atoms with Crippen molar-refractivity contribution in [2.45, 2.75) is 44.9 Å². The number of aromatic nitrogens is 2. The number of halogens is 1. The summed E-state index contributed by atoms with van der Waals surface area (Å²) in [6.07, 6.45) is 4.35. The smallest absolute Gasteiger partial charge is 0.240 e. The first kappa shape index (κ1) is 14.0. The third-order valence-electron chi connectivity index (χ3n) is 3.95. The van der Waals surface area contributed by atoms with Crippen LogP contribution in [0.3, 0.4) is 0 Å². The molecule has 0 bridgehead atoms. The molecule has 2 N–H and O–H groups in total. The van der Waals surface area contributed by atoms with Gasteiger partial charge in [0.25, 0.3) is 0 Å². The number of benzene rings is 1. The van der Waals surface area contributed by atoms with Gasteiger partial charge in [0.1, 0.15) is 24.8 Å². The first-order valence-electron chi connectivity index (χ1n) is 7.22. The van der Waals surface area contributed by atoms with Crippen molar-refractivity contribution in [1.29, 1.82) is 0 Å². The number of hydrogen-bond acceptors (Lipinski definition) is 3. The summed E-state index contributed by atoms with van der Waals surface area (Å²) >= 11 is 0. The Bertz CT molecular complexity index is 662. The van der Waals surface area contributed by atoms with Gasteiger partial charge in [-0.15, -0.1) is 0 Å². The van der Waals surface area contributed by atoms with E-state index < -0.39 is 0 Å². The van der Waals surface area contributed by atoms with Gasteiger partial charge >= 0.3 is 0 Å². The Hall–Kier alpha value is -1.95. The zero-order valence-electron chi connectivity index (χ0n) is 11.7. The number of carbonyl (C=O) groups excluding carboxylic acids is 1. The van der Waals surface area contributed by atoms with Gasteiger partial charge in [0.2, 0.25) is 5.91 Å². The molecule has 0 unspecified atom stereocenters. The summed E-state index contributed by atoms with van der Waals surface area (Å²) in [6, 6.07) is 4.47. The molecule has 1 aliphatic rings. The van der Waals surface area contributed by atoms with Crippen LogP contribution in [0.15, 0.2) is 18.2 Å². The minimum atomic E-state index is -0.382. The standard InChI is InChI=1S/C15H18FN3O2/c16-10-5-6-13-12(7-10)18-14(9-20)19(13)8-15(21)17-11-3-1-2-4-11/h5-7,11,20H,1-4,8-9H2,(H,17,21). The first-order chi connectivity index (χ1) is 10.2. The number of aliphatic hydroxyl groups is 1. The Morgan fingerprint density at radius 3 is 2.90 bits per heavy atom. The van der Waals surface area contributed by atoms with E-state index in [2.05, 4.69) is 10.3 Å². The molecule has 1 aromatic carbocycles. The van der Waals surface area contributed by atoms with E-state index in [1.54, 1.807) is 10.6 Å². The topological polar surface area (TPSA) is 67.2 Å². The molecule has 3 rings (SSSR count). The largest absolute Gasteiger partial charge is 0.388 e. The second-order valence-corrected chi connectivity index (χ2v) is 5.45. The van der Waals surface area contributed by atoms with Gasteiger partial charge in [-0.1, -0.05) is 12.8 Å². The molecule has 0 saturated heterocycles. The van der Waals surface area contributed by atoms with Crippen molar-refractivity contribution in [3.05, 3.63) is 29.8 Å². The molecule has 1 heterocycles. The van der Waals surface area contributed by atoms with Crippen molar-refractivity contribution in [3.8, 4) is 0 Å². The van der Waals surface area contributed by atoms with Gasteiger partial charge in [-0.3, -0.25) is 4.79 Å². The normalized spacial score (nSPS) is 15.7. The summed E-state index contributed by atoms with van der Waals surface area (Å²) in [5.41, 5.74) is 1.11. The van der Waals surface area contributed by atoms with Crippen molar-refractivity contribution < 1.29 is 14.3 Å². The van der Waals surface area contributed by atoms with Crippen molar-refractivity contribution in [2.75, 3.05) is 0 Å². The molecule has 6 heteroatoms. The predicted molar refractivity (Wildman–Crippen MR) is 76.0 cm³/mol. The van der Waals surface area contributed by atoms with E-state index in [4.69, 9.17) is 0 Å². The fourth-order valence-corrected chi connectivity index (χ4v) is 2.94. The number of imidazole rings is 1. The van der Waals surface area contributed by atoms with E-state index >= 15 is 0 Å². The summed E-state index contributed by atoms with van der Waals surface area (Å²) in [4.78, 5) is 16.3. The average molecular weight is 291 g/mol. The number of rotatable bonds is 4. The Labute approximate surface area is 121 Å². The molecular weight excluding hydrogens is 273 g/mol. The van der Waals surface area contributed by atoms with E-state index in [-0.39, 0.29) is 30.9 Å². The number of aliphatic hydroxyl groups excluding tert-OH is 1. The number of amides is 1. The van der Waals surface area contributed by atoms with Crippen molar-refractivity contribution >= 4 is 16.9 Å². The molecular formula is C15H18FN3O2. The first-order valence-corrected chi connectivity index (χ1v) is 7.22. The number of nitrogens with zero attached hydrogens (tertiary/aromatic N) is 2. The molecule has 0 aliphatic heterocycles. The van der Waals surface area contributed by atoms with Gasteiger partial charge in [0, 0.05) is 12.1 Å². The summed E-state index contributed by atoms with van der Waals surface area (Å²) in [7, 11) is 0. The molecule has 1 amide bonds. The molecule has 112 valence electrons. The molecule has 2 aromatic rings. The molecule has 0 radical (unpaired) electrons. The molecule has 0 atom stereocenters. The van der Waals surface area contributed by atoms with Gasteiger partial charge in [-0.05, 0) is 25.0 Å². The van der Waals surface area contributed by atoms with E-state index in [1.165, 1.54) is 12.1 Å². The van der Waals surface area contributed by atoms with Crippen LogP contribution in [0.1, 0.15) is 31.5 Å². The molecule has 5 nitrogen and oxygen atoms in total. The van der Waals surface area contributed by atoms with Crippen molar-refractivity contribution in [2.24, 2.45) is 0 Å². The molecule has 0 spiro atoms. The fraction of sp³-hybridized carbons (Fsp3) is 0.467. The second kappa shape index (κ2) is 5.81. The number of fused-ring (bicyclic) bond motifs is 1. The molecule has 1 fully saturated rings. The van der Waals surface area contributed by atoms with Crippen LogP contribution in [0, 0.1) is 5.82 Å². The van der Waals surface area contributed by atoms with Crippen molar-refractivity contribution in [3.63, 3.8) is 0 Å². The lowest BCUT2D eigenvalue weighted by Crippen LogP contribution is -2.35. The lowest BCUT2D eigenvalue weighted by Gasteiger charge is -2.13.